The molecule has 12 nitrogen and oxygen atoms in total. The zero-order valence-corrected chi connectivity index (χ0v) is 30.9. The number of rotatable bonds is 9. The minimum Gasteiger partial charge on any atom is -0.491 e. The third-order valence-corrected chi connectivity index (χ3v) is 9.47. The van der Waals surface area contributed by atoms with E-state index in [1.807, 2.05) is 56.3 Å². The van der Waals surface area contributed by atoms with E-state index in [4.69, 9.17) is 4.74 Å². The number of para-hydroxylation sites is 1. The number of hydrogen-bond donors (Lipinski definition) is 4. The first-order chi connectivity index (χ1) is 25.5. The molecule has 2 aliphatic rings. The SMILES string of the molecule is CC(C)C[C@H]1NC(=O)C[C@@H](C(=O)NCc2ccc(CN3CCCC3)cc2)NC(=O)c2ccccc2OC[C@@H](Cc2ccccc2)NC(=O)CN(C)C1=O. The molecule has 5 rings (SSSR count). The van der Waals surface area contributed by atoms with Crippen molar-refractivity contribution in [3.05, 3.63) is 101 Å². The highest BCUT2D eigenvalue weighted by atomic mass is 16.5. The summed E-state index contributed by atoms with van der Waals surface area (Å²) in [7, 11) is 1.52. The number of amides is 5. The van der Waals surface area contributed by atoms with Crippen LogP contribution < -0.4 is 26.0 Å². The molecule has 0 radical (unpaired) electrons. The summed E-state index contributed by atoms with van der Waals surface area (Å²) in [6, 6.07) is 21.6. The molecule has 5 amide bonds. The molecular weight excluding hydrogens is 672 g/mol. The molecule has 0 unspecified atom stereocenters. The largest absolute Gasteiger partial charge is 0.491 e. The molecule has 2 aliphatic heterocycles. The molecule has 3 aromatic carbocycles. The molecule has 1 saturated heterocycles. The van der Waals surface area contributed by atoms with E-state index in [9.17, 15) is 24.0 Å². The number of nitrogens with zero attached hydrogens (tertiary/aromatic N) is 2. The first-order valence-corrected chi connectivity index (χ1v) is 18.5. The lowest BCUT2D eigenvalue weighted by Crippen LogP contribution is -2.53. The fourth-order valence-electron chi connectivity index (χ4n) is 6.70. The predicted molar refractivity (Wildman–Crippen MR) is 202 cm³/mol. The van der Waals surface area contributed by atoms with Crippen molar-refractivity contribution in [2.75, 3.05) is 33.3 Å². The van der Waals surface area contributed by atoms with Gasteiger partial charge in [-0.1, -0.05) is 80.6 Å². The fourth-order valence-corrected chi connectivity index (χ4v) is 6.70. The standard InChI is InChI=1S/C41H52N6O6/c1-28(2)21-35-41(52)46(3)26-38(49)43-32(22-29-11-5-4-6-12-29)27-53-36-14-8-7-13-33(36)39(50)45-34(23-37(48)44-35)40(51)42-24-30-15-17-31(18-16-30)25-47-19-9-10-20-47/h4-8,11-18,28,32,34-35H,9-10,19-27H2,1-3H3,(H,42,51)(H,43,49)(H,44,48)(H,45,50)/t32-,34+,35-/m1/s1. The quantitative estimate of drug-likeness (QED) is 0.265. The van der Waals surface area contributed by atoms with Gasteiger partial charge in [-0.05, 0) is 73.5 Å². The second-order valence-electron chi connectivity index (χ2n) is 14.5. The van der Waals surface area contributed by atoms with Gasteiger partial charge in [-0.2, -0.15) is 0 Å². The van der Waals surface area contributed by atoms with Crippen molar-refractivity contribution < 1.29 is 28.7 Å². The van der Waals surface area contributed by atoms with Gasteiger partial charge < -0.3 is 30.9 Å². The van der Waals surface area contributed by atoms with Crippen molar-refractivity contribution in [2.45, 2.75) is 77.2 Å². The number of nitrogens with one attached hydrogen (secondary N) is 4. The second-order valence-corrected chi connectivity index (χ2v) is 14.5. The lowest BCUT2D eigenvalue weighted by Gasteiger charge is -2.27. The number of ether oxygens (including phenoxy) is 1. The zero-order chi connectivity index (χ0) is 37.7. The highest BCUT2D eigenvalue weighted by Crippen LogP contribution is 2.20. The maximum Gasteiger partial charge on any atom is 0.255 e. The monoisotopic (exact) mass is 724 g/mol. The van der Waals surface area contributed by atoms with Crippen LogP contribution in [-0.4, -0.2) is 90.8 Å². The molecule has 0 aliphatic carbocycles. The van der Waals surface area contributed by atoms with E-state index in [1.54, 1.807) is 24.3 Å². The first-order valence-electron chi connectivity index (χ1n) is 18.5. The molecule has 12 heteroatoms. The van der Waals surface area contributed by atoms with Crippen LogP contribution in [0, 0.1) is 5.92 Å². The summed E-state index contributed by atoms with van der Waals surface area (Å²) in [5.41, 5.74) is 3.21. The predicted octanol–water partition coefficient (Wildman–Crippen LogP) is 3.20. The van der Waals surface area contributed by atoms with E-state index in [0.29, 0.717) is 12.8 Å². The summed E-state index contributed by atoms with van der Waals surface area (Å²) in [5, 5.41) is 11.4. The van der Waals surface area contributed by atoms with Gasteiger partial charge in [-0.3, -0.25) is 28.9 Å². The number of carbonyl (C=O) groups excluding carboxylic acids is 5. The van der Waals surface area contributed by atoms with Crippen LogP contribution in [0.2, 0.25) is 0 Å². The van der Waals surface area contributed by atoms with E-state index < -0.39 is 54.1 Å². The molecular formula is C41H52N6O6. The zero-order valence-electron chi connectivity index (χ0n) is 30.9. The molecule has 0 bridgehead atoms. The molecule has 282 valence electrons. The van der Waals surface area contributed by atoms with Gasteiger partial charge in [0.2, 0.25) is 23.6 Å². The third-order valence-electron chi connectivity index (χ3n) is 9.47. The van der Waals surface area contributed by atoms with Crippen molar-refractivity contribution >= 4 is 29.5 Å². The van der Waals surface area contributed by atoms with Crippen molar-refractivity contribution in [2.24, 2.45) is 5.92 Å². The van der Waals surface area contributed by atoms with E-state index in [0.717, 1.165) is 30.8 Å². The van der Waals surface area contributed by atoms with Crippen molar-refractivity contribution in [3.8, 4) is 5.75 Å². The Morgan fingerprint density at radius 2 is 1.51 bits per heavy atom. The number of hydrogen-bond acceptors (Lipinski definition) is 7. The maximum absolute atomic E-state index is 13.8. The lowest BCUT2D eigenvalue weighted by molar-refractivity contribution is -0.139. The summed E-state index contributed by atoms with van der Waals surface area (Å²) >= 11 is 0. The van der Waals surface area contributed by atoms with Gasteiger partial charge in [0, 0.05) is 20.1 Å². The van der Waals surface area contributed by atoms with Crippen LogP contribution in [0.3, 0.4) is 0 Å². The Morgan fingerprint density at radius 3 is 2.23 bits per heavy atom. The highest BCUT2D eigenvalue weighted by molar-refractivity contribution is 6.01. The van der Waals surface area contributed by atoms with Crippen LogP contribution in [0.15, 0.2) is 78.9 Å². The van der Waals surface area contributed by atoms with Gasteiger partial charge in [-0.25, -0.2) is 0 Å². The second kappa shape index (κ2) is 19.0. The van der Waals surface area contributed by atoms with E-state index in [1.165, 1.54) is 30.4 Å². The van der Waals surface area contributed by atoms with Gasteiger partial charge in [0.15, 0.2) is 0 Å². The van der Waals surface area contributed by atoms with Crippen molar-refractivity contribution in [1.82, 2.24) is 31.1 Å². The van der Waals surface area contributed by atoms with Crippen LogP contribution in [0.4, 0.5) is 0 Å². The lowest BCUT2D eigenvalue weighted by atomic mass is 10.0. The van der Waals surface area contributed by atoms with E-state index >= 15 is 0 Å². The molecule has 0 spiro atoms. The van der Waals surface area contributed by atoms with Crippen LogP contribution in [0.5, 0.6) is 5.75 Å². The highest BCUT2D eigenvalue weighted by Gasteiger charge is 2.31. The molecule has 4 N–H and O–H groups in total. The van der Waals surface area contributed by atoms with Crippen molar-refractivity contribution in [1.29, 1.82) is 0 Å². The van der Waals surface area contributed by atoms with E-state index in [2.05, 4.69) is 38.3 Å². The molecule has 3 atom stereocenters. The van der Waals surface area contributed by atoms with Gasteiger partial charge in [-0.15, -0.1) is 0 Å². The molecule has 0 saturated carbocycles. The first kappa shape index (κ1) is 39.0. The Kier molecular flexibility index (Phi) is 14.0. The number of likely N-dealkylation sites (tertiary alicyclic amines) is 1. The van der Waals surface area contributed by atoms with Crippen LogP contribution in [-0.2, 0) is 38.7 Å². The number of benzene rings is 3. The Balaban J connectivity index is 1.37. The summed E-state index contributed by atoms with van der Waals surface area (Å²) in [5.74, 6) is -2.30. The normalized spacial score (nSPS) is 20.8. The Bertz CT molecular complexity index is 1710. The maximum atomic E-state index is 13.8. The summed E-state index contributed by atoms with van der Waals surface area (Å²) in [6.07, 6.45) is 2.77. The summed E-state index contributed by atoms with van der Waals surface area (Å²) in [4.78, 5) is 71.7. The topological polar surface area (TPSA) is 149 Å². The molecule has 2 heterocycles. The molecule has 1 fully saturated rings. The van der Waals surface area contributed by atoms with E-state index in [-0.39, 0.29) is 36.9 Å². The third kappa shape index (κ3) is 11.9. The average Bonchev–Trinajstić information content (AvgIpc) is 3.65. The average molecular weight is 725 g/mol. The molecule has 0 aromatic heterocycles. The smallest absolute Gasteiger partial charge is 0.255 e. The van der Waals surface area contributed by atoms with Gasteiger partial charge in [0.25, 0.3) is 5.91 Å². The van der Waals surface area contributed by atoms with Crippen LogP contribution in [0.25, 0.3) is 0 Å². The van der Waals surface area contributed by atoms with Gasteiger partial charge in [0.05, 0.1) is 24.6 Å². The fraction of sp³-hybridized carbons (Fsp3) is 0.439. The Labute approximate surface area is 312 Å². The van der Waals surface area contributed by atoms with Crippen LogP contribution in [0.1, 0.15) is 66.6 Å². The Morgan fingerprint density at radius 1 is 0.830 bits per heavy atom. The summed E-state index contributed by atoms with van der Waals surface area (Å²) in [6.45, 7) is 6.92. The van der Waals surface area contributed by atoms with Gasteiger partial charge >= 0.3 is 0 Å². The minimum atomic E-state index is -1.26. The van der Waals surface area contributed by atoms with Gasteiger partial charge in [0.1, 0.15) is 24.4 Å². The molecule has 53 heavy (non-hydrogen) atoms. The molecule has 3 aromatic rings. The van der Waals surface area contributed by atoms with Crippen molar-refractivity contribution in [3.63, 3.8) is 0 Å². The van der Waals surface area contributed by atoms with Crippen LogP contribution >= 0.6 is 0 Å². The number of carbonyl (C=O) groups is 5. The number of fused-ring (bicyclic) bond motifs is 1. The summed E-state index contributed by atoms with van der Waals surface area (Å²) < 4.78 is 6.16. The Hall–Kier alpha value is -5.23. The number of likely N-dealkylation sites (N-methyl/N-ethyl adjacent to an activating group) is 1. The minimum absolute atomic E-state index is 0.0271.